The van der Waals surface area contributed by atoms with E-state index >= 15 is 0 Å². The minimum Gasteiger partial charge on any atom is -0.506 e. The van der Waals surface area contributed by atoms with Gasteiger partial charge in [-0.1, -0.05) is 18.2 Å². The highest BCUT2D eigenvalue weighted by Gasteiger charge is 2.28. The third kappa shape index (κ3) is 2.32. The largest absolute Gasteiger partial charge is 0.506 e. The molecule has 6 nitrogen and oxygen atoms in total. The Kier molecular flexibility index (Phi) is 3.64. The summed E-state index contributed by atoms with van der Waals surface area (Å²) in [6, 6.07) is 11.0. The smallest absolute Gasteiger partial charge is 0.267 e. The SMILES string of the molecule is CN(C(=O)c1c(O)c2cc(F)cc3c2n(c1=O)CCO3)c1ccccc1. The predicted molar refractivity (Wildman–Crippen MR) is 94.5 cm³/mol. The van der Waals surface area contributed by atoms with Crippen LogP contribution < -0.4 is 15.2 Å². The van der Waals surface area contributed by atoms with Crippen LogP contribution in [0, 0.1) is 5.82 Å². The van der Waals surface area contributed by atoms with Crippen molar-refractivity contribution < 1.29 is 19.0 Å². The van der Waals surface area contributed by atoms with E-state index in [4.69, 9.17) is 4.74 Å². The third-order valence-electron chi connectivity index (χ3n) is 4.50. The number of aromatic hydroxyl groups is 1. The summed E-state index contributed by atoms with van der Waals surface area (Å²) >= 11 is 0. The predicted octanol–water partition coefficient (Wildman–Crippen LogP) is 2.52. The number of carbonyl (C=O) groups is 1. The summed E-state index contributed by atoms with van der Waals surface area (Å²) in [6.45, 7) is 0.391. The lowest BCUT2D eigenvalue weighted by Gasteiger charge is -2.23. The number of rotatable bonds is 2. The van der Waals surface area contributed by atoms with Gasteiger partial charge in [0.1, 0.15) is 29.5 Å². The average molecular weight is 354 g/mol. The molecule has 0 saturated heterocycles. The first-order valence-corrected chi connectivity index (χ1v) is 8.04. The topological polar surface area (TPSA) is 71.8 Å². The minimum atomic E-state index is -0.665. The number of pyridine rings is 1. The maximum Gasteiger partial charge on any atom is 0.267 e. The Bertz CT molecular complexity index is 1090. The second kappa shape index (κ2) is 5.87. The molecule has 0 aliphatic carbocycles. The van der Waals surface area contributed by atoms with Crippen molar-refractivity contribution in [3.05, 3.63) is 64.2 Å². The molecule has 0 unspecified atom stereocenters. The van der Waals surface area contributed by atoms with E-state index in [1.807, 2.05) is 0 Å². The van der Waals surface area contributed by atoms with Crippen molar-refractivity contribution in [3.8, 4) is 11.5 Å². The highest BCUT2D eigenvalue weighted by molar-refractivity contribution is 6.10. The van der Waals surface area contributed by atoms with E-state index in [0.717, 1.165) is 12.1 Å². The number of benzene rings is 2. The second-order valence-electron chi connectivity index (χ2n) is 6.03. The van der Waals surface area contributed by atoms with Crippen LogP contribution in [-0.4, -0.2) is 29.2 Å². The van der Waals surface area contributed by atoms with Crippen molar-refractivity contribution in [1.82, 2.24) is 4.57 Å². The van der Waals surface area contributed by atoms with Gasteiger partial charge in [0.25, 0.3) is 11.5 Å². The number of anilines is 1. The number of carbonyl (C=O) groups excluding carboxylic acids is 1. The van der Waals surface area contributed by atoms with Crippen LogP contribution in [0.5, 0.6) is 11.5 Å². The fourth-order valence-corrected chi connectivity index (χ4v) is 3.21. The van der Waals surface area contributed by atoms with Crippen LogP contribution in [0.2, 0.25) is 0 Å². The fraction of sp³-hybridized carbons (Fsp3) is 0.158. The molecule has 1 aromatic heterocycles. The van der Waals surface area contributed by atoms with Gasteiger partial charge in [-0.25, -0.2) is 4.39 Å². The van der Waals surface area contributed by atoms with Crippen LogP contribution in [-0.2, 0) is 6.54 Å². The zero-order valence-corrected chi connectivity index (χ0v) is 13.9. The molecule has 0 saturated carbocycles. The molecule has 3 aromatic rings. The first-order valence-electron chi connectivity index (χ1n) is 8.04. The summed E-state index contributed by atoms with van der Waals surface area (Å²) < 4.78 is 20.6. The number of halogens is 1. The maximum atomic E-state index is 13.9. The molecule has 0 fully saturated rings. The van der Waals surface area contributed by atoms with Gasteiger partial charge >= 0.3 is 0 Å². The van der Waals surface area contributed by atoms with Crippen molar-refractivity contribution in [1.29, 1.82) is 0 Å². The Morgan fingerprint density at radius 1 is 1.27 bits per heavy atom. The number of ether oxygens (including phenoxy) is 1. The van der Waals surface area contributed by atoms with E-state index in [1.54, 1.807) is 30.3 Å². The molecule has 1 N–H and O–H groups in total. The van der Waals surface area contributed by atoms with Gasteiger partial charge < -0.3 is 19.3 Å². The average Bonchev–Trinajstić information content (AvgIpc) is 2.65. The number of amides is 1. The lowest BCUT2D eigenvalue weighted by atomic mass is 10.1. The molecule has 1 amide bonds. The molecule has 0 spiro atoms. The summed E-state index contributed by atoms with van der Waals surface area (Å²) in [5.74, 6) is -1.65. The lowest BCUT2D eigenvalue weighted by molar-refractivity contribution is 0.0988. The summed E-state index contributed by atoms with van der Waals surface area (Å²) in [5.41, 5.74) is -0.154. The Morgan fingerprint density at radius 3 is 2.73 bits per heavy atom. The summed E-state index contributed by atoms with van der Waals surface area (Å²) in [7, 11) is 1.51. The van der Waals surface area contributed by atoms with Crippen LogP contribution in [0.15, 0.2) is 47.3 Å². The number of hydrogen-bond acceptors (Lipinski definition) is 4. The molecule has 1 aliphatic heterocycles. The van der Waals surface area contributed by atoms with E-state index < -0.39 is 23.0 Å². The number of para-hydroxylation sites is 1. The first kappa shape index (κ1) is 16.1. The Balaban J connectivity index is 1.97. The second-order valence-corrected chi connectivity index (χ2v) is 6.03. The monoisotopic (exact) mass is 354 g/mol. The molecule has 0 radical (unpaired) electrons. The molecule has 1 aliphatic rings. The van der Waals surface area contributed by atoms with Gasteiger partial charge in [-0.05, 0) is 18.2 Å². The van der Waals surface area contributed by atoms with Crippen LogP contribution in [0.1, 0.15) is 10.4 Å². The molecule has 26 heavy (non-hydrogen) atoms. The molecule has 7 heteroatoms. The normalized spacial score (nSPS) is 12.7. The van der Waals surface area contributed by atoms with Gasteiger partial charge in [0.05, 0.1) is 12.1 Å². The molecular formula is C19H15FN2O4. The van der Waals surface area contributed by atoms with Gasteiger partial charge in [0.15, 0.2) is 0 Å². The van der Waals surface area contributed by atoms with E-state index in [-0.39, 0.29) is 29.9 Å². The molecule has 0 atom stereocenters. The van der Waals surface area contributed by atoms with Crippen molar-refractivity contribution in [3.63, 3.8) is 0 Å². The Labute approximate surface area is 147 Å². The van der Waals surface area contributed by atoms with E-state index in [0.29, 0.717) is 11.2 Å². The van der Waals surface area contributed by atoms with Crippen molar-refractivity contribution in [2.24, 2.45) is 0 Å². The van der Waals surface area contributed by atoms with Gasteiger partial charge in [0, 0.05) is 24.2 Å². The fourth-order valence-electron chi connectivity index (χ4n) is 3.21. The van der Waals surface area contributed by atoms with E-state index in [9.17, 15) is 19.1 Å². The molecule has 0 bridgehead atoms. The minimum absolute atomic E-state index is 0.0733. The van der Waals surface area contributed by atoms with Crippen molar-refractivity contribution >= 4 is 22.5 Å². The number of hydrogen-bond donors (Lipinski definition) is 1. The third-order valence-corrected chi connectivity index (χ3v) is 4.50. The van der Waals surface area contributed by atoms with Crippen LogP contribution in [0.25, 0.3) is 10.9 Å². The zero-order valence-electron chi connectivity index (χ0n) is 13.9. The van der Waals surface area contributed by atoms with Gasteiger partial charge in [-0.2, -0.15) is 0 Å². The highest BCUT2D eigenvalue weighted by atomic mass is 19.1. The summed E-state index contributed by atoms with van der Waals surface area (Å²) in [4.78, 5) is 27.1. The molecule has 132 valence electrons. The number of nitrogens with zero attached hydrogens (tertiary/aromatic N) is 2. The molecule has 2 heterocycles. The maximum absolute atomic E-state index is 13.9. The van der Waals surface area contributed by atoms with Gasteiger partial charge in [-0.3, -0.25) is 9.59 Å². The van der Waals surface area contributed by atoms with Crippen molar-refractivity contribution in [2.75, 3.05) is 18.6 Å². The van der Waals surface area contributed by atoms with Gasteiger partial charge in [-0.15, -0.1) is 0 Å². The quantitative estimate of drug-likeness (QED) is 0.768. The molecule has 2 aromatic carbocycles. The summed E-state index contributed by atoms with van der Waals surface area (Å²) in [5, 5.41) is 10.7. The van der Waals surface area contributed by atoms with E-state index in [2.05, 4.69) is 0 Å². The molecule has 4 rings (SSSR count). The van der Waals surface area contributed by atoms with Crippen LogP contribution in [0.4, 0.5) is 10.1 Å². The van der Waals surface area contributed by atoms with Gasteiger partial charge in [0.2, 0.25) is 0 Å². The number of aromatic nitrogens is 1. The van der Waals surface area contributed by atoms with E-state index in [1.165, 1.54) is 16.5 Å². The Morgan fingerprint density at radius 2 is 2.00 bits per heavy atom. The van der Waals surface area contributed by atoms with Crippen LogP contribution >= 0.6 is 0 Å². The zero-order chi connectivity index (χ0) is 18.4. The highest BCUT2D eigenvalue weighted by Crippen LogP contribution is 2.35. The first-order chi connectivity index (χ1) is 12.5. The summed E-state index contributed by atoms with van der Waals surface area (Å²) in [6.07, 6.45) is 0. The van der Waals surface area contributed by atoms with Crippen LogP contribution in [0.3, 0.4) is 0 Å². The Hall–Kier alpha value is -3.35. The lowest BCUT2D eigenvalue weighted by Crippen LogP contribution is -2.36. The standard InChI is InChI=1S/C19H15FN2O4/c1-21(12-5-3-2-4-6-12)18(24)15-17(23)13-9-11(20)10-14-16(13)22(19(15)25)7-8-26-14/h2-6,9-10,23H,7-8H2,1H3. The van der Waals surface area contributed by atoms with Crippen molar-refractivity contribution in [2.45, 2.75) is 6.54 Å². The molecular weight excluding hydrogens is 339 g/mol.